The minimum Gasteiger partial charge on any atom is -0.389 e. The Labute approximate surface area is 140 Å². The van der Waals surface area contributed by atoms with Crippen LogP contribution >= 0.6 is 11.6 Å². The number of ketones is 2. The van der Waals surface area contributed by atoms with Crippen LogP contribution < -0.4 is 5.32 Å². The Morgan fingerprint density at radius 3 is 2.52 bits per heavy atom. The van der Waals surface area contributed by atoms with Gasteiger partial charge in [-0.3, -0.25) is 9.59 Å². The van der Waals surface area contributed by atoms with Crippen LogP contribution in [0.3, 0.4) is 0 Å². The zero-order valence-corrected chi connectivity index (χ0v) is 14.0. The molecule has 1 N–H and O–H groups in total. The summed E-state index contributed by atoms with van der Waals surface area (Å²) < 4.78 is 13.1. The highest BCUT2D eigenvalue weighted by atomic mass is 35.5. The molecule has 0 unspecified atom stereocenters. The first kappa shape index (κ1) is 17.6. The number of allylic oxidation sites excluding steroid dienone is 1. The zero-order chi connectivity index (χ0) is 17.0. The number of halogens is 2. The number of rotatable bonds is 5. The number of benzene rings is 1. The summed E-state index contributed by atoms with van der Waals surface area (Å²) in [5.74, 6) is -1.13. The standard InChI is InChI=1S/C17H20ClFN2O2/c1-21(2)6-5-20-10-14-16(22)7-11(8-17(14)23)13-4-3-12(19)9-15(13)18/h3-4,9-11,20H,5-8H2,1-2H3. The van der Waals surface area contributed by atoms with E-state index in [2.05, 4.69) is 5.32 Å². The van der Waals surface area contributed by atoms with E-state index in [1.54, 1.807) is 6.07 Å². The average molecular weight is 339 g/mol. The fraction of sp³-hybridized carbons (Fsp3) is 0.412. The Morgan fingerprint density at radius 1 is 1.30 bits per heavy atom. The van der Waals surface area contributed by atoms with Crippen molar-refractivity contribution in [1.29, 1.82) is 0 Å². The van der Waals surface area contributed by atoms with E-state index in [1.165, 1.54) is 18.3 Å². The predicted octanol–water partition coefficient (Wildman–Crippen LogP) is 2.53. The van der Waals surface area contributed by atoms with Crippen molar-refractivity contribution in [2.75, 3.05) is 27.2 Å². The van der Waals surface area contributed by atoms with Gasteiger partial charge in [-0.15, -0.1) is 0 Å². The quantitative estimate of drug-likeness (QED) is 0.509. The molecule has 0 heterocycles. The molecule has 1 saturated carbocycles. The van der Waals surface area contributed by atoms with Crippen LogP contribution in [-0.4, -0.2) is 43.7 Å². The van der Waals surface area contributed by atoms with Crippen molar-refractivity contribution in [3.05, 3.63) is 46.4 Å². The summed E-state index contributed by atoms with van der Waals surface area (Å²) in [5, 5.41) is 3.26. The molecule has 1 aromatic rings. The van der Waals surface area contributed by atoms with Gasteiger partial charge in [0.2, 0.25) is 0 Å². The molecule has 1 aliphatic rings. The maximum Gasteiger partial charge on any atom is 0.168 e. The van der Waals surface area contributed by atoms with Gasteiger partial charge in [-0.2, -0.15) is 0 Å². The molecule has 0 bridgehead atoms. The van der Waals surface area contributed by atoms with Gasteiger partial charge >= 0.3 is 0 Å². The average Bonchev–Trinajstić information content (AvgIpc) is 2.45. The molecule has 0 radical (unpaired) electrons. The third-order valence-corrected chi connectivity index (χ3v) is 4.14. The number of hydrogen-bond acceptors (Lipinski definition) is 4. The third kappa shape index (κ3) is 4.62. The molecule has 0 aromatic heterocycles. The van der Waals surface area contributed by atoms with Gasteiger partial charge in [0.05, 0.1) is 5.57 Å². The smallest absolute Gasteiger partial charge is 0.168 e. The lowest BCUT2D eigenvalue weighted by Gasteiger charge is -2.23. The van der Waals surface area contributed by atoms with Crippen LogP contribution in [0.15, 0.2) is 30.0 Å². The predicted molar refractivity (Wildman–Crippen MR) is 88.0 cm³/mol. The lowest BCUT2D eigenvalue weighted by Crippen LogP contribution is -2.28. The van der Waals surface area contributed by atoms with Crippen molar-refractivity contribution in [3.8, 4) is 0 Å². The van der Waals surface area contributed by atoms with E-state index >= 15 is 0 Å². The Morgan fingerprint density at radius 2 is 1.96 bits per heavy atom. The molecular weight excluding hydrogens is 319 g/mol. The van der Waals surface area contributed by atoms with Crippen LogP contribution in [0.1, 0.15) is 24.3 Å². The van der Waals surface area contributed by atoms with Gasteiger partial charge in [0.25, 0.3) is 0 Å². The van der Waals surface area contributed by atoms with Gasteiger partial charge in [-0.25, -0.2) is 4.39 Å². The summed E-state index contributed by atoms with van der Waals surface area (Å²) >= 11 is 6.03. The molecule has 6 heteroatoms. The summed E-state index contributed by atoms with van der Waals surface area (Å²) in [6.07, 6.45) is 1.92. The van der Waals surface area contributed by atoms with Crippen molar-refractivity contribution >= 4 is 23.2 Å². The normalized spacial score (nSPS) is 18.5. The first-order valence-electron chi connectivity index (χ1n) is 7.48. The van der Waals surface area contributed by atoms with Crippen LogP contribution in [0.5, 0.6) is 0 Å². The summed E-state index contributed by atoms with van der Waals surface area (Å²) in [6.45, 7) is 1.46. The highest BCUT2D eigenvalue weighted by Crippen LogP contribution is 2.35. The number of carbonyl (C=O) groups is 2. The molecule has 0 atom stereocenters. The summed E-state index contributed by atoms with van der Waals surface area (Å²) in [5.41, 5.74) is 0.854. The topological polar surface area (TPSA) is 49.4 Å². The minimum atomic E-state index is -0.433. The molecule has 2 rings (SSSR count). The first-order valence-corrected chi connectivity index (χ1v) is 7.86. The summed E-state index contributed by atoms with van der Waals surface area (Å²) in [6, 6.07) is 4.05. The molecule has 0 aliphatic heterocycles. The zero-order valence-electron chi connectivity index (χ0n) is 13.2. The number of nitrogens with zero attached hydrogens (tertiary/aromatic N) is 1. The second-order valence-electron chi connectivity index (χ2n) is 5.93. The Bertz CT molecular complexity index is 623. The SMILES string of the molecule is CN(C)CCNC=C1C(=O)CC(c2ccc(F)cc2Cl)CC1=O. The number of Topliss-reactive ketones (excluding diaryl/α,β-unsaturated/α-hetero) is 2. The monoisotopic (exact) mass is 338 g/mol. The Balaban J connectivity index is 2.06. The largest absolute Gasteiger partial charge is 0.389 e. The second-order valence-corrected chi connectivity index (χ2v) is 6.34. The number of likely N-dealkylation sites (N-methyl/N-ethyl adjacent to an activating group) is 1. The van der Waals surface area contributed by atoms with E-state index in [0.717, 1.165) is 6.54 Å². The molecule has 0 saturated heterocycles. The first-order chi connectivity index (χ1) is 10.9. The van der Waals surface area contributed by atoms with Crippen molar-refractivity contribution in [1.82, 2.24) is 10.2 Å². The fourth-order valence-electron chi connectivity index (χ4n) is 2.57. The Hall–Kier alpha value is -1.72. The van der Waals surface area contributed by atoms with Crippen LogP contribution in [0.2, 0.25) is 5.02 Å². The number of nitrogens with one attached hydrogen (secondary N) is 1. The summed E-state index contributed by atoms with van der Waals surface area (Å²) in [7, 11) is 3.89. The molecule has 4 nitrogen and oxygen atoms in total. The van der Waals surface area contributed by atoms with Crippen LogP contribution in [0, 0.1) is 5.82 Å². The lowest BCUT2D eigenvalue weighted by molar-refractivity contribution is -0.124. The molecule has 0 spiro atoms. The fourth-order valence-corrected chi connectivity index (χ4v) is 2.89. The van der Waals surface area contributed by atoms with Crippen molar-refractivity contribution in [3.63, 3.8) is 0 Å². The lowest BCUT2D eigenvalue weighted by atomic mass is 9.80. The molecule has 124 valence electrons. The van der Waals surface area contributed by atoms with Gasteiger partial charge in [-0.05, 0) is 37.7 Å². The molecular formula is C17H20ClFN2O2. The van der Waals surface area contributed by atoms with Crippen LogP contribution in [0.25, 0.3) is 0 Å². The van der Waals surface area contributed by atoms with Gasteiger partial charge in [0, 0.05) is 37.2 Å². The van der Waals surface area contributed by atoms with Crippen LogP contribution in [-0.2, 0) is 9.59 Å². The number of carbonyl (C=O) groups excluding carboxylic acids is 2. The van der Waals surface area contributed by atoms with E-state index in [1.807, 2.05) is 19.0 Å². The Kier molecular flexibility index (Phi) is 5.91. The maximum atomic E-state index is 13.1. The molecule has 23 heavy (non-hydrogen) atoms. The molecule has 1 aliphatic carbocycles. The van der Waals surface area contributed by atoms with Crippen LogP contribution in [0.4, 0.5) is 4.39 Å². The van der Waals surface area contributed by atoms with E-state index in [4.69, 9.17) is 11.6 Å². The van der Waals surface area contributed by atoms with Gasteiger partial charge in [-0.1, -0.05) is 17.7 Å². The number of hydrogen-bond donors (Lipinski definition) is 1. The highest BCUT2D eigenvalue weighted by Gasteiger charge is 2.32. The summed E-state index contributed by atoms with van der Waals surface area (Å²) in [4.78, 5) is 26.5. The van der Waals surface area contributed by atoms with Gasteiger partial charge in [0.1, 0.15) is 5.82 Å². The third-order valence-electron chi connectivity index (χ3n) is 3.82. The highest BCUT2D eigenvalue weighted by molar-refractivity contribution is 6.31. The molecule has 1 aromatic carbocycles. The van der Waals surface area contributed by atoms with E-state index < -0.39 is 5.82 Å². The van der Waals surface area contributed by atoms with Crippen molar-refractivity contribution in [2.24, 2.45) is 0 Å². The van der Waals surface area contributed by atoms with E-state index in [-0.39, 0.29) is 40.9 Å². The molecule has 0 amide bonds. The van der Waals surface area contributed by atoms with Crippen molar-refractivity contribution < 1.29 is 14.0 Å². The van der Waals surface area contributed by atoms with Gasteiger partial charge < -0.3 is 10.2 Å². The second kappa shape index (κ2) is 7.70. The van der Waals surface area contributed by atoms with Crippen molar-refractivity contribution in [2.45, 2.75) is 18.8 Å². The van der Waals surface area contributed by atoms with Gasteiger partial charge in [0.15, 0.2) is 11.6 Å². The van der Waals surface area contributed by atoms with E-state index in [9.17, 15) is 14.0 Å². The maximum absolute atomic E-state index is 13.1. The molecule has 1 fully saturated rings. The minimum absolute atomic E-state index is 0.205. The van der Waals surface area contributed by atoms with E-state index in [0.29, 0.717) is 12.1 Å².